The lowest BCUT2D eigenvalue weighted by Gasteiger charge is -2.22. The van der Waals surface area contributed by atoms with Gasteiger partial charge in [0.05, 0.1) is 0 Å². The van der Waals surface area contributed by atoms with Gasteiger partial charge in [0.1, 0.15) is 0 Å². The molecule has 2 unspecified atom stereocenters. The van der Waals surface area contributed by atoms with Gasteiger partial charge in [-0.2, -0.15) is 0 Å². The Morgan fingerprint density at radius 2 is 0.909 bits per heavy atom. The predicted molar refractivity (Wildman–Crippen MR) is 99.6 cm³/mol. The number of hydrogen-bond donors (Lipinski definition) is 2. The van der Waals surface area contributed by atoms with Gasteiger partial charge in [-0.3, -0.25) is 0 Å². The monoisotopic (exact) mass is 334 g/mol. The lowest BCUT2D eigenvalue weighted by atomic mass is 10.4. The fraction of sp³-hybridized carbons (Fsp3) is 0.333. The molecule has 2 atom stereocenters. The maximum absolute atomic E-state index is 9.37. The lowest BCUT2D eigenvalue weighted by molar-refractivity contribution is 0.321. The Labute approximate surface area is 135 Å². The van der Waals surface area contributed by atoms with E-state index >= 15 is 0 Å². The van der Waals surface area contributed by atoms with E-state index in [0.29, 0.717) is 0 Å². The van der Waals surface area contributed by atoms with E-state index in [0.717, 1.165) is 24.6 Å². The molecule has 2 N–H and O–H groups in total. The molecule has 2 rings (SSSR count). The van der Waals surface area contributed by atoms with Crippen molar-refractivity contribution in [1.82, 2.24) is 0 Å². The molecule has 2 aromatic rings. The predicted octanol–water partition coefficient (Wildman–Crippen LogP) is 2.59. The van der Waals surface area contributed by atoms with Crippen LogP contribution in [0.1, 0.15) is 0 Å². The molecule has 0 heterocycles. The quantitative estimate of drug-likeness (QED) is 0.692. The van der Waals surface area contributed by atoms with Crippen molar-refractivity contribution in [3.8, 4) is 0 Å². The molecule has 118 valence electrons. The van der Waals surface area contributed by atoms with Crippen molar-refractivity contribution >= 4 is 26.5 Å². The fourth-order valence-corrected chi connectivity index (χ4v) is 7.58. The summed E-state index contributed by atoms with van der Waals surface area (Å²) in [6.45, 7) is 0.508. The molecule has 2 nitrogen and oxygen atoms in total. The molecule has 22 heavy (non-hydrogen) atoms. The van der Waals surface area contributed by atoms with Crippen LogP contribution in [0.4, 0.5) is 0 Å². The van der Waals surface area contributed by atoms with E-state index in [4.69, 9.17) is 0 Å². The number of aliphatic hydroxyl groups excluding tert-OH is 2. The molecule has 0 bridgehead atoms. The minimum absolute atomic E-state index is 0.254. The average Bonchev–Trinajstić information content (AvgIpc) is 2.59. The Hall–Kier alpha value is -0.780. The van der Waals surface area contributed by atoms with Crippen LogP contribution in [-0.4, -0.2) is 48.1 Å². The van der Waals surface area contributed by atoms with E-state index < -0.39 is 0 Å². The van der Waals surface area contributed by atoms with Crippen LogP contribution in [0.2, 0.25) is 0 Å². The van der Waals surface area contributed by atoms with Gasteiger partial charge in [0.25, 0.3) is 0 Å². The summed E-state index contributed by atoms with van der Waals surface area (Å²) in [6.07, 6.45) is 3.99. The normalized spacial score (nSPS) is 13.7. The highest BCUT2D eigenvalue weighted by molar-refractivity contribution is 7.69. The molecule has 0 aliphatic carbocycles. The van der Waals surface area contributed by atoms with Crippen LogP contribution in [0.25, 0.3) is 0 Å². The zero-order valence-corrected chi connectivity index (χ0v) is 14.6. The Kier molecular flexibility index (Phi) is 8.05. The molecule has 0 aliphatic rings. The number of rotatable bonds is 9. The number of hydrogen-bond acceptors (Lipinski definition) is 2. The molecular weight excluding hydrogens is 310 g/mol. The maximum Gasteiger partial charge on any atom is 0.0473 e. The molecular formula is C18H24O2P2. The molecule has 0 aromatic heterocycles. The first-order chi connectivity index (χ1) is 10.8. The van der Waals surface area contributed by atoms with Crippen LogP contribution < -0.4 is 10.6 Å². The molecule has 0 radical (unpaired) electrons. The standard InChI is InChI=1S/C18H24O2P2/c19-11-13-21(17-7-3-1-4-8-17)15-16-22(14-12-20)18-9-5-2-6-10-18/h1-10,19-20H,11-16H2. The molecule has 4 heteroatoms. The average molecular weight is 334 g/mol. The summed E-state index contributed by atoms with van der Waals surface area (Å²) in [5.74, 6) is 0. The fourth-order valence-electron chi connectivity index (χ4n) is 2.50. The molecule has 0 amide bonds. The summed E-state index contributed by atoms with van der Waals surface area (Å²) in [6, 6.07) is 21.1. The van der Waals surface area contributed by atoms with Crippen LogP contribution in [0.15, 0.2) is 60.7 Å². The summed E-state index contributed by atoms with van der Waals surface area (Å²) < 4.78 is 0. The minimum atomic E-state index is -0.305. The van der Waals surface area contributed by atoms with Gasteiger partial charge in [-0.25, -0.2) is 0 Å². The summed E-state index contributed by atoms with van der Waals surface area (Å²) in [4.78, 5) is 0. The maximum atomic E-state index is 9.37. The first-order valence-electron chi connectivity index (χ1n) is 7.67. The minimum Gasteiger partial charge on any atom is -0.396 e. The van der Waals surface area contributed by atoms with Gasteiger partial charge in [-0.1, -0.05) is 76.5 Å². The third-order valence-electron chi connectivity index (χ3n) is 3.62. The summed E-state index contributed by atoms with van der Waals surface area (Å²) in [5.41, 5.74) is 0. The van der Waals surface area contributed by atoms with Crippen LogP contribution in [0, 0.1) is 0 Å². The first kappa shape index (κ1) is 17.6. The van der Waals surface area contributed by atoms with E-state index in [9.17, 15) is 10.2 Å². The van der Waals surface area contributed by atoms with E-state index in [-0.39, 0.29) is 29.1 Å². The Balaban J connectivity index is 2.03. The van der Waals surface area contributed by atoms with Gasteiger partial charge >= 0.3 is 0 Å². The van der Waals surface area contributed by atoms with Gasteiger partial charge in [0, 0.05) is 13.2 Å². The number of benzene rings is 2. The van der Waals surface area contributed by atoms with Crippen molar-refractivity contribution in [3.05, 3.63) is 60.7 Å². The van der Waals surface area contributed by atoms with Crippen molar-refractivity contribution < 1.29 is 10.2 Å². The zero-order valence-electron chi connectivity index (χ0n) is 12.8. The van der Waals surface area contributed by atoms with Crippen molar-refractivity contribution in [1.29, 1.82) is 0 Å². The van der Waals surface area contributed by atoms with Crippen molar-refractivity contribution in [2.45, 2.75) is 0 Å². The van der Waals surface area contributed by atoms with Crippen LogP contribution in [-0.2, 0) is 0 Å². The third kappa shape index (κ3) is 5.45. The van der Waals surface area contributed by atoms with E-state index in [1.54, 1.807) is 0 Å². The largest absolute Gasteiger partial charge is 0.396 e. The molecule has 2 aromatic carbocycles. The zero-order chi connectivity index (χ0) is 15.6. The van der Waals surface area contributed by atoms with Gasteiger partial charge in [0.15, 0.2) is 0 Å². The van der Waals surface area contributed by atoms with Crippen molar-refractivity contribution in [3.63, 3.8) is 0 Å². The van der Waals surface area contributed by atoms with Crippen molar-refractivity contribution in [2.75, 3.05) is 37.9 Å². The summed E-state index contributed by atoms with van der Waals surface area (Å²) in [5, 5.41) is 21.5. The SMILES string of the molecule is OCCP(CCP(CCO)c1ccccc1)c1ccccc1. The molecule has 0 saturated carbocycles. The molecule has 0 saturated heterocycles. The Morgan fingerprint density at radius 3 is 1.23 bits per heavy atom. The first-order valence-corrected chi connectivity index (χ1v) is 11.1. The Morgan fingerprint density at radius 1 is 0.545 bits per heavy atom. The summed E-state index contributed by atoms with van der Waals surface area (Å²) in [7, 11) is -0.610. The smallest absolute Gasteiger partial charge is 0.0473 e. The molecule has 0 spiro atoms. The highest BCUT2D eigenvalue weighted by Crippen LogP contribution is 2.41. The topological polar surface area (TPSA) is 40.5 Å². The lowest BCUT2D eigenvalue weighted by Crippen LogP contribution is -2.14. The highest BCUT2D eigenvalue weighted by atomic mass is 31.1. The summed E-state index contributed by atoms with van der Waals surface area (Å²) >= 11 is 0. The van der Waals surface area contributed by atoms with Gasteiger partial charge < -0.3 is 10.2 Å². The molecule has 0 aliphatic heterocycles. The second-order valence-corrected chi connectivity index (χ2v) is 10.1. The van der Waals surface area contributed by atoms with Crippen LogP contribution in [0.3, 0.4) is 0 Å². The second-order valence-electron chi connectivity index (χ2n) is 5.09. The Bertz CT molecular complexity index is 470. The van der Waals surface area contributed by atoms with Crippen LogP contribution >= 0.6 is 15.8 Å². The van der Waals surface area contributed by atoms with Gasteiger partial charge in [0.2, 0.25) is 0 Å². The third-order valence-corrected chi connectivity index (χ3v) is 9.04. The number of aliphatic hydroxyl groups is 2. The van der Waals surface area contributed by atoms with Crippen molar-refractivity contribution in [2.24, 2.45) is 0 Å². The molecule has 0 fully saturated rings. The second kappa shape index (κ2) is 10.1. The van der Waals surface area contributed by atoms with Gasteiger partial charge in [-0.05, 0) is 35.3 Å². The van der Waals surface area contributed by atoms with Gasteiger partial charge in [-0.15, -0.1) is 0 Å². The van der Waals surface area contributed by atoms with E-state index in [1.807, 2.05) is 12.1 Å². The van der Waals surface area contributed by atoms with E-state index in [1.165, 1.54) is 10.6 Å². The highest BCUT2D eigenvalue weighted by Gasteiger charge is 2.15. The van der Waals surface area contributed by atoms with Crippen LogP contribution in [0.5, 0.6) is 0 Å². The van der Waals surface area contributed by atoms with E-state index in [2.05, 4.69) is 48.5 Å².